The molecule has 0 amide bonds. The Balaban J connectivity index is 1.04. The first-order chi connectivity index (χ1) is 30.7. The minimum Gasteiger partial charge on any atom is -0.456 e. The van der Waals surface area contributed by atoms with Gasteiger partial charge < -0.3 is 8.98 Å². The molecule has 9 aromatic carbocycles. The maximum absolute atomic E-state index is 6.77. The average Bonchev–Trinajstić information content (AvgIpc) is 3.90. The van der Waals surface area contributed by atoms with Crippen molar-refractivity contribution in [1.82, 2.24) is 19.5 Å². The van der Waals surface area contributed by atoms with Crippen molar-refractivity contribution >= 4 is 43.7 Å². The fourth-order valence-electron chi connectivity index (χ4n) is 8.85. The summed E-state index contributed by atoms with van der Waals surface area (Å²) in [6, 6.07) is 76.4. The third-order valence-electron chi connectivity index (χ3n) is 11.9. The van der Waals surface area contributed by atoms with Crippen LogP contribution in [0.4, 0.5) is 0 Å². The first-order valence-corrected chi connectivity index (χ1v) is 20.8. The van der Waals surface area contributed by atoms with Crippen molar-refractivity contribution in [2.24, 2.45) is 0 Å². The maximum atomic E-state index is 6.77. The molecule has 0 N–H and O–H groups in total. The molecule has 12 rings (SSSR count). The number of furan rings is 1. The SMILES string of the molecule is c1ccc(-c2cccc(-c3nc(-c4ccccc4)nc(-c4ccc5c(c4)oc4cccc(-n6c7cc(-c8ccccc8)ccc7c7ccc(-c8ccccc8)cc76)c45)n3)c2)cc1. The van der Waals surface area contributed by atoms with Crippen LogP contribution in [0.2, 0.25) is 0 Å². The Morgan fingerprint density at radius 3 is 1.27 bits per heavy atom. The number of aromatic nitrogens is 4. The molecule has 0 atom stereocenters. The lowest BCUT2D eigenvalue weighted by molar-refractivity contribution is 0.669. The number of benzene rings is 9. The van der Waals surface area contributed by atoms with E-state index < -0.39 is 0 Å². The van der Waals surface area contributed by atoms with E-state index in [1.165, 1.54) is 21.9 Å². The molecule has 0 unspecified atom stereocenters. The molecule has 5 nitrogen and oxygen atoms in total. The Hall–Kier alpha value is -8.41. The van der Waals surface area contributed by atoms with Crippen LogP contribution in [-0.2, 0) is 0 Å². The molecule has 0 saturated carbocycles. The smallest absolute Gasteiger partial charge is 0.164 e. The molecule has 0 spiro atoms. The molecule has 0 aliphatic rings. The molecule has 0 fully saturated rings. The molecular weight excluding hydrogens is 757 g/mol. The minimum absolute atomic E-state index is 0.575. The van der Waals surface area contributed by atoms with Gasteiger partial charge >= 0.3 is 0 Å². The van der Waals surface area contributed by atoms with Gasteiger partial charge in [0.25, 0.3) is 0 Å². The highest BCUT2D eigenvalue weighted by molar-refractivity contribution is 6.15. The zero-order valence-corrected chi connectivity index (χ0v) is 33.5. The van der Waals surface area contributed by atoms with Crippen LogP contribution in [0.5, 0.6) is 0 Å². The molecule has 290 valence electrons. The van der Waals surface area contributed by atoms with Gasteiger partial charge in [-0.2, -0.15) is 0 Å². The largest absolute Gasteiger partial charge is 0.456 e. The van der Waals surface area contributed by atoms with Crippen LogP contribution in [0.3, 0.4) is 0 Å². The van der Waals surface area contributed by atoms with Crippen LogP contribution in [0.1, 0.15) is 0 Å². The van der Waals surface area contributed by atoms with Crippen LogP contribution < -0.4 is 0 Å². The number of hydrogen-bond acceptors (Lipinski definition) is 4. The summed E-state index contributed by atoms with van der Waals surface area (Å²) < 4.78 is 9.19. The summed E-state index contributed by atoms with van der Waals surface area (Å²) in [6.45, 7) is 0. The van der Waals surface area contributed by atoms with Gasteiger partial charge in [-0.25, -0.2) is 15.0 Å². The highest BCUT2D eigenvalue weighted by atomic mass is 16.3. The Kier molecular flexibility index (Phi) is 8.42. The third kappa shape index (κ3) is 6.14. The van der Waals surface area contributed by atoms with E-state index in [1.807, 2.05) is 36.4 Å². The van der Waals surface area contributed by atoms with Gasteiger partial charge in [0.15, 0.2) is 17.5 Å². The molecule has 0 aliphatic carbocycles. The highest BCUT2D eigenvalue weighted by Gasteiger charge is 2.21. The van der Waals surface area contributed by atoms with Crippen LogP contribution in [0.15, 0.2) is 223 Å². The van der Waals surface area contributed by atoms with Crippen molar-refractivity contribution < 1.29 is 4.42 Å². The van der Waals surface area contributed by atoms with E-state index in [2.05, 4.69) is 187 Å². The lowest BCUT2D eigenvalue weighted by Crippen LogP contribution is -2.00. The first-order valence-electron chi connectivity index (χ1n) is 20.8. The monoisotopic (exact) mass is 792 g/mol. The summed E-state index contributed by atoms with van der Waals surface area (Å²) in [5.41, 5.74) is 14.5. The van der Waals surface area contributed by atoms with Crippen LogP contribution in [-0.4, -0.2) is 19.5 Å². The third-order valence-corrected chi connectivity index (χ3v) is 11.9. The van der Waals surface area contributed by atoms with Gasteiger partial charge in [-0.3, -0.25) is 0 Å². The molecule has 3 aromatic heterocycles. The van der Waals surface area contributed by atoms with E-state index in [1.54, 1.807) is 0 Å². The average molecular weight is 793 g/mol. The Morgan fingerprint density at radius 1 is 0.290 bits per heavy atom. The van der Waals surface area contributed by atoms with Crippen LogP contribution >= 0.6 is 0 Å². The molecule has 0 radical (unpaired) electrons. The van der Waals surface area contributed by atoms with E-state index in [0.717, 1.165) is 77.6 Å². The predicted molar refractivity (Wildman–Crippen MR) is 254 cm³/mol. The zero-order valence-electron chi connectivity index (χ0n) is 33.5. The summed E-state index contributed by atoms with van der Waals surface area (Å²) >= 11 is 0. The van der Waals surface area contributed by atoms with Crippen molar-refractivity contribution in [3.8, 4) is 73.2 Å². The fraction of sp³-hybridized carbons (Fsp3) is 0. The molecule has 3 heterocycles. The standard InChI is InChI=1S/C57H36N4O/c1-5-15-37(16-6-1)41-23-13-24-44(33-41)56-58-55(40-21-11-4-12-22-40)59-57(60-56)45-29-32-48-53(36-45)62-52-26-14-25-49(54(48)52)61-50-34-42(38-17-7-2-8-18-38)27-30-46(50)47-31-28-43(35-51(47)61)39-19-9-3-10-20-39/h1-36H. The molecule has 0 bridgehead atoms. The molecule has 0 saturated heterocycles. The van der Waals surface area contributed by atoms with E-state index in [0.29, 0.717) is 17.5 Å². The lowest BCUT2D eigenvalue weighted by atomic mass is 10.0. The second-order valence-electron chi connectivity index (χ2n) is 15.6. The summed E-state index contributed by atoms with van der Waals surface area (Å²) in [5.74, 6) is 1.79. The maximum Gasteiger partial charge on any atom is 0.164 e. The lowest BCUT2D eigenvalue weighted by Gasteiger charge is -2.12. The van der Waals surface area contributed by atoms with E-state index in [-0.39, 0.29) is 0 Å². The molecule has 62 heavy (non-hydrogen) atoms. The van der Waals surface area contributed by atoms with Crippen LogP contribution in [0, 0.1) is 0 Å². The van der Waals surface area contributed by atoms with Crippen molar-refractivity contribution in [2.75, 3.05) is 0 Å². The Bertz CT molecular complexity index is 3520. The fourth-order valence-corrected chi connectivity index (χ4v) is 8.85. The van der Waals surface area contributed by atoms with Crippen molar-refractivity contribution in [3.05, 3.63) is 218 Å². The summed E-state index contributed by atoms with van der Waals surface area (Å²) in [6.07, 6.45) is 0. The Labute approximate surface area is 357 Å². The number of hydrogen-bond donors (Lipinski definition) is 0. The van der Waals surface area contributed by atoms with Gasteiger partial charge in [-0.05, 0) is 75.8 Å². The van der Waals surface area contributed by atoms with Gasteiger partial charge in [-0.15, -0.1) is 0 Å². The van der Waals surface area contributed by atoms with E-state index in [9.17, 15) is 0 Å². The van der Waals surface area contributed by atoms with Crippen LogP contribution in [0.25, 0.3) is 117 Å². The predicted octanol–water partition coefficient (Wildman–Crippen LogP) is 14.9. The number of rotatable bonds is 7. The number of fused-ring (bicyclic) bond motifs is 6. The normalized spacial score (nSPS) is 11.5. The van der Waals surface area contributed by atoms with Gasteiger partial charge in [0.05, 0.1) is 22.1 Å². The van der Waals surface area contributed by atoms with E-state index >= 15 is 0 Å². The number of nitrogens with zero attached hydrogens (tertiary/aromatic N) is 4. The quantitative estimate of drug-likeness (QED) is 0.161. The van der Waals surface area contributed by atoms with Gasteiger partial charge in [0.2, 0.25) is 0 Å². The topological polar surface area (TPSA) is 56.7 Å². The first kappa shape index (κ1) is 35.5. The molecule has 5 heteroatoms. The minimum atomic E-state index is 0.575. The zero-order chi connectivity index (χ0) is 41.0. The van der Waals surface area contributed by atoms with Crippen molar-refractivity contribution in [3.63, 3.8) is 0 Å². The summed E-state index contributed by atoms with van der Waals surface area (Å²) in [5, 5.41) is 4.45. The molecule has 0 aliphatic heterocycles. The summed E-state index contributed by atoms with van der Waals surface area (Å²) in [4.78, 5) is 15.2. The van der Waals surface area contributed by atoms with Gasteiger partial charge in [0, 0.05) is 32.8 Å². The second-order valence-corrected chi connectivity index (χ2v) is 15.6. The second kappa shape index (κ2) is 14.7. The van der Waals surface area contributed by atoms with E-state index in [4.69, 9.17) is 19.4 Å². The molecule has 12 aromatic rings. The van der Waals surface area contributed by atoms with Crippen molar-refractivity contribution in [1.29, 1.82) is 0 Å². The highest BCUT2D eigenvalue weighted by Crippen LogP contribution is 2.42. The Morgan fingerprint density at radius 2 is 0.710 bits per heavy atom. The van der Waals surface area contributed by atoms with Crippen molar-refractivity contribution in [2.45, 2.75) is 0 Å². The summed E-state index contributed by atoms with van der Waals surface area (Å²) in [7, 11) is 0. The van der Waals surface area contributed by atoms with Gasteiger partial charge in [0.1, 0.15) is 11.2 Å². The molecular formula is C57H36N4O. The van der Waals surface area contributed by atoms with Gasteiger partial charge in [-0.1, -0.05) is 176 Å².